The van der Waals surface area contributed by atoms with Gasteiger partial charge < -0.3 is 14.8 Å². The van der Waals surface area contributed by atoms with Gasteiger partial charge in [0.05, 0.1) is 29.1 Å². The Hall–Kier alpha value is -2.67. The molecule has 0 unspecified atom stereocenters. The van der Waals surface area contributed by atoms with Gasteiger partial charge in [0, 0.05) is 32.7 Å². The Morgan fingerprint density at radius 1 is 1.24 bits per heavy atom. The number of esters is 1. The summed E-state index contributed by atoms with van der Waals surface area (Å²) in [5, 5.41) is 7.66. The fourth-order valence-corrected chi connectivity index (χ4v) is 3.45. The van der Waals surface area contributed by atoms with Crippen LogP contribution < -0.4 is 5.32 Å². The van der Waals surface area contributed by atoms with Crippen molar-refractivity contribution in [1.29, 1.82) is 0 Å². The molecule has 0 saturated heterocycles. The molecule has 156 valence electrons. The summed E-state index contributed by atoms with van der Waals surface area (Å²) >= 11 is 0. The molecule has 1 aliphatic heterocycles. The van der Waals surface area contributed by atoms with Crippen LogP contribution in [0.25, 0.3) is 0 Å². The fourth-order valence-electron chi connectivity index (χ4n) is 3.45. The number of carbonyl (C=O) groups excluding carboxylic acids is 2. The minimum Gasteiger partial charge on any atom is -0.462 e. The molecular weight excluding hydrogens is 370 g/mol. The molecule has 2 heterocycles. The molecule has 1 amide bonds. The molecule has 0 spiro atoms. The Morgan fingerprint density at radius 2 is 2.03 bits per heavy atom. The van der Waals surface area contributed by atoms with Gasteiger partial charge in [-0.15, -0.1) is 0 Å². The average molecular weight is 399 g/mol. The van der Waals surface area contributed by atoms with Gasteiger partial charge in [0.1, 0.15) is 0 Å². The van der Waals surface area contributed by atoms with Crippen molar-refractivity contribution in [3.8, 4) is 0 Å². The monoisotopic (exact) mass is 399 g/mol. The van der Waals surface area contributed by atoms with Gasteiger partial charge in [-0.3, -0.25) is 9.48 Å². The van der Waals surface area contributed by atoms with E-state index in [0.717, 1.165) is 30.7 Å². The van der Waals surface area contributed by atoms with Crippen LogP contribution in [0, 0.1) is 0 Å². The minimum absolute atomic E-state index is 0.0551. The molecule has 1 aliphatic rings. The molecule has 0 radical (unpaired) electrons. The first-order valence-corrected chi connectivity index (χ1v) is 10.4. The highest BCUT2D eigenvalue weighted by atomic mass is 16.5. The molecule has 7 heteroatoms. The SMILES string of the molecule is CCc1nn(CCCOC(=O)c2ccccc2)c2c1C(=O)NCCCOCCC2. The summed E-state index contributed by atoms with van der Waals surface area (Å²) in [6.45, 7) is 4.85. The molecule has 1 N–H and O–H groups in total. The maximum atomic E-state index is 12.7. The van der Waals surface area contributed by atoms with Crippen LogP contribution in [-0.2, 0) is 28.9 Å². The van der Waals surface area contributed by atoms with Crippen molar-refractivity contribution in [2.45, 2.75) is 45.6 Å². The number of amides is 1. The van der Waals surface area contributed by atoms with Crippen molar-refractivity contribution < 1.29 is 19.1 Å². The molecule has 2 aromatic rings. The minimum atomic E-state index is -0.323. The van der Waals surface area contributed by atoms with Crippen LogP contribution in [-0.4, -0.2) is 48.0 Å². The molecule has 0 atom stereocenters. The van der Waals surface area contributed by atoms with E-state index in [1.165, 1.54) is 0 Å². The van der Waals surface area contributed by atoms with E-state index in [-0.39, 0.29) is 11.9 Å². The van der Waals surface area contributed by atoms with Gasteiger partial charge in [-0.05, 0) is 37.8 Å². The zero-order chi connectivity index (χ0) is 20.5. The number of benzene rings is 1. The first-order chi connectivity index (χ1) is 14.2. The highest BCUT2D eigenvalue weighted by Gasteiger charge is 2.22. The Labute approximate surface area is 171 Å². The van der Waals surface area contributed by atoms with Crippen LogP contribution in [0.5, 0.6) is 0 Å². The zero-order valence-electron chi connectivity index (χ0n) is 17.0. The predicted octanol–water partition coefficient (Wildman–Crippen LogP) is 2.78. The summed E-state index contributed by atoms with van der Waals surface area (Å²) < 4.78 is 12.9. The zero-order valence-corrected chi connectivity index (χ0v) is 17.0. The first-order valence-electron chi connectivity index (χ1n) is 10.4. The van der Waals surface area contributed by atoms with Crippen LogP contribution in [0.4, 0.5) is 0 Å². The molecule has 0 bridgehead atoms. The topological polar surface area (TPSA) is 82.5 Å². The van der Waals surface area contributed by atoms with Gasteiger partial charge >= 0.3 is 5.97 Å². The highest BCUT2D eigenvalue weighted by molar-refractivity contribution is 5.96. The lowest BCUT2D eigenvalue weighted by Gasteiger charge is -2.10. The third-order valence-electron chi connectivity index (χ3n) is 4.90. The van der Waals surface area contributed by atoms with Crippen molar-refractivity contribution in [2.75, 3.05) is 26.4 Å². The number of rotatable bonds is 6. The summed E-state index contributed by atoms with van der Waals surface area (Å²) in [7, 11) is 0. The Balaban J connectivity index is 1.65. The van der Waals surface area contributed by atoms with E-state index < -0.39 is 0 Å². The predicted molar refractivity (Wildman–Crippen MR) is 109 cm³/mol. The molecule has 3 rings (SSSR count). The normalized spacial score (nSPS) is 15.1. The third kappa shape index (κ3) is 5.67. The van der Waals surface area contributed by atoms with E-state index in [1.807, 2.05) is 29.8 Å². The van der Waals surface area contributed by atoms with Crippen molar-refractivity contribution in [3.05, 3.63) is 52.8 Å². The van der Waals surface area contributed by atoms with Crippen molar-refractivity contribution in [3.63, 3.8) is 0 Å². The summed E-state index contributed by atoms with van der Waals surface area (Å²) in [5.74, 6) is -0.378. The fraction of sp³-hybridized carbons (Fsp3) is 0.500. The van der Waals surface area contributed by atoms with Crippen molar-refractivity contribution in [1.82, 2.24) is 15.1 Å². The number of hydrogen-bond donors (Lipinski definition) is 1. The van der Waals surface area contributed by atoms with Gasteiger partial charge in [0.25, 0.3) is 5.91 Å². The number of nitrogens with zero attached hydrogens (tertiary/aromatic N) is 2. The number of ether oxygens (including phenoxy) is 2. The van der Waals surface area contributed by atoms with E-state index in [0.29, 0.717) is 56.9 Å². The molecule has 7 nitrogen and oxygen atoms in total. The number of aromatic nitrogens is 2. The van der Waals surface area contributed by atoms with Crippen LogP contribution in [0.1, 0.15) is 58.3 Å². The molecule has 0 saturated carbocycles. The van der Waals surface area contributed by atoms with E-state index >= 15 is 0 Å². The number of nitrogens with one attached hydrogen (secondary N) is 1. The number of hydrogen-bond acceptors (Lipinski definition) is 5. The number of carbonyl (C=O) groups is 2. The molecule has 0 fully saturated rings. The van der Waals surface area contributed by atoms with Gasteiger partial charge in [-0.25, -0.2) is 4.79 Å². The molecule has 1 aromatic heterocycles. The van der Waals surface area contributed by atoms with Crippen LogP contribution in [0.2, 0.25) is 0 Å². The second-order valence-corrected chi connectivity index (χ2v) is 7.03. The quantitative estimate of drug-likeness (QED) is 0.597. The summed E-state index contributed by atoms with van der Waals surface area (Å²) in [6.07, 6.45) is 3.72. The van der Waals surface area contributed by atoms with E-state index in [9.17, 15) is 9.59 Å². The van der Waals surface area contributed by atoms with Gasteiger partial charge in [-0.1, -0.05) is 25.1 Å². The Morgan fingerprint density at radius 3 is 2.83 bits per heavy atom. The van der Waals surface area contributed by atoms with Crippen molar-refractivity contribution in [2.24, 2.45) is 0 Å². The second-order valence-electron chi connectivity index (χ2n) is 7.03. The van der Waals surface area contributed by atoms with E-state index in [4.69, 9.17) is 9.47 Å². The average Bonchev–Trinajstić information content (AvgIpc) is 3.08. The molecule has 29 heavy (non-hydrogen) atoms. The second kappa shape index (κ2) is 10.8. The van der Waals surface area contributed by atoms with Gasteiger partial charge in [0.15, 0.2) is 0 Å². The first kappa shape index (κ1) is 21.0. The lowest BCUT2D eigenvalue weighted by atomic mass is 10.1. The lowest BCUT2D eigenvalue weighted by Crippen LogP contribution is -2.26. The Kier molecular flexibility index (Phi) is 7.81. The molecular formula is C22H29N3O4. The van der Waals surface area contributed by atoms with Crippen LogP contribution >= 0.6 is 0 Å². The van der Waals surface area contributed by atoms with Crippen LogP contribution in [0.3, 0.4) is 0 Å². The van der Waals surface area contributed by atoms with Crippen molar-refractivity contribution >= 4 is 11.9 Å². The van der Waals surface area contributed by atoms with E-state index in [1.54, 1.807) is 12.1 Å². The smallest absolute Gasteiger partial charge is 0.338 e. The summed E-state index contributed by atoms with van der Waals surface area (Å²) in [5.41, 5.74) is 3.01. The largest absolute Gasteiger partial charge is 0.462 e. The van der Waals surface area contributed by atoms with Crippen LogP contribution in [0.15, 0.2) is 30.3 Å². The van der Waals surface area contributed by atoms with E-state index in [2.05, 4.69) is 10.4 Å². The van der Waals surface area contributed by atoms with Gasteiger partial charge in [-0.2, -0.15) is 5.10 Å². The summed E-state index contributed by atoms with van der Waals surface area (Å²) in [6, 6.07) is 8.96. The molecule has 0 aliphatic carbocycles. The molecule has 1 aromatic carbocycles. The van der Waals surface area contributed by atoms with Gasteiger partial charge in [0.2, 0.25) is 0 Å². The summed E-state index contributed by atoms with van der Waals surface area (Å²) in [4.78, 5) is 24.8. The standard InChI is InChI=1S/C22H29N3O4/c1-2-18-20-19(11-6-14-28-15-7-12-23-21(20)26)25(24-18)13-8-16-29-22(27)17-9-4-3-5-10-17/h3-5,9-10H,2,6-8,11-16H2,1H3,(H,23,26). The lowest BCUT2D eigenvalue weighted by molar-refractivity contribution is 0.0494. The number of fused-ring (bicyclic) bond motifs is 1. The highest BCUT2D eigenvalue weighted by Crippen LogP contribution is 2.19. The number of aryl methyl sites for hydroxylation is 2. The Bertz CT molecular complexity index is 817. The maximum absolute atomic E-state index is 12.7. The third-order valence-corrected chi connectivity index (χ3v) is 4.90. The maximum Gasteiger partial charge on any atom is 0.338 e.